The van der Waals surface area contributed by atoms with Crippen LogP contribution in [0, 0.1) is 12.7 Å². The van der Waals surface area contributed by atoms with E-state index in [4.69, 9.17) is 21.1 Å². The lowest BCUT2D eigenvalue weighted by atomic mass is 10.2. The number of carbonyl (C=O) groups is 2. The number of hydrogen-bond donors (Lipinski definition) is 0. The van der Waals surface area contributed by atoms with Gasteiger partial charge in [0.1, 0.15) is 11.6 Å². The third kappa shape index (κ3) is 8.02. The highest BCUT2D eigenvalue weighted by Gasteiger charge is 2.27. The lowest BCUT2D eigenvalue weighted by Gasteiger charge is -2.29. The van der Waals surface area contributed by atoms with Crippen molar-refractivity contribution in [2.24, 2.45) is 0 Å². The molecule has 3 aromatic rings. The molecule has 2 heterocycles. The zero-order valence-electron chi connectivity index (χ0n) is 20.7. The maximum absolute atomic E-state index is 13.6. The van der Waals surface area contributed by atoms with Crippen LogP contribution in [0.3, 0.4) is 0 Å². The molecule has 2 aromatic carbocycles. The smallest absolute Gasteiger partial charge is 0.261 e. The van der Waals surface area contributed by atoms with Crippen molar-refractivity contribution in [3.8, 4) is 5.75 Å². The van der Waals surface area contributed by atoms with Crippen molar-refractivity contribution in [3.63, 3.8) is 0 Å². The van der Waals surface area contributed by atoms with Crippen LogP contribution in [-0.2, 0) is 27.4 Å². The molecule has 196 valence electrons. The summed E-state index contributed by atoms with van der Waals surface area (Å²) in [5, 5.41) is 2.57. The Kier molecular flexibility index (Phi) is 9.55. The summed E-state index contributed by atoms with van der Waals surface area (Å²) >= 11 is 7.51. The molecule has 1 aliphatic heterocycles. The van der Waals surface area contributed by atoms with Gasteiger partial charge in [-0.3, -0.25) is 9.59 Å². The van der Waals surface area contributed by atoms with E-state index in [1.54, 1.807) is 52.6 Å². The van der Waals surface area contributed by atoms with Crippen molar-refractivity contribution in [2.45, 2.75) is 39.0 Å². The van der Waals surface area contributed by atoms with Crippen LogP contribution in [0.2, 0.25) is 5.02 Å². The Hall–Kier alpha value is -2.94. The van der Waals surface area contributed by atoms with Gasteiger partial charge in [-0.15, -0.1) is 11.3 Å². The number of aryl methyl sites for hydroxylation is 1. The fourth-order valence-electron chi connectivity index (χ4n) is 4.10. The van der Waals surface area contributed by atoms with E-state index < -0.39 is 0 Å². The van der Waals surface area contributed by atoms with Crippen LogP contribution < -0.4 is 4.74 Å². The molecule has 4 rings (SSSR count). The van der Waals surface area contributed by atoms with Gasteiger partial charge in [0, 0.05) is 29.6 Å². The molecule has 0 N–H and O–H groups in total. The first kappa shape index (κ1) is 27.1. The quantitative estimate of drug-likeness (QED) is 0.321. The third-order valence-corrected chi connectivity index (χ3v) is 7.50. The van der Waals surface area contributed by atoms with Gasteiger partial charge < -0.3 is 19.3 Å². The fourth-order valence-corrected chi connectivity index (χ4v) is 5.15. The van der Waals surface area contributed by atoms with Crippen LogP contribution >= 0.6 is 22.9 Å². The molecule has 37 heavy (non-hydrogen) atoms. The maximum Gasteiger partial charge on any atom is 0.261 e. The normalized spacial score (nSPS) is 14.9. The minimum absolute atomic E-state index is 0.103. The molecule has 2 amide bonds. The molecule has 1 atom stereocenters. The van der Waals surface area contributed by atoms with E-state index in [9.17, 15) is 14.0 Å². The van der Waals surface area contributed by atoms with Crippen LogP contribution in [0.25, 0.3) is 0 Å². The molecule has 0 saturated carbocycles. The summed E-state index contributed by atoms with van der Waals surface area (Å²) in [5.41, 5.74) is 1.91. The van der Waals surface area contributed by atoms with Gasteiger partial charge in [0.15, 0.2) is 6.61 Å². The molecule has 9 heteroatoms. The largest absolute Gasteiger partial charge is 0.484 e. The number of ether oxygens (including phenoxy) is 2. The van der Waals surface area contributed by atoms with E-state index in [1.807, 2.05) is 18.4 Å². The summed E-state index contributed by atoms with van der Waals surface area (Å²) in [6.07, 6.45) is 1.65. The van der Waals surface area contributed by atoms with Gasteiger partial charge in [-0.25, -0.2) is 4.39 Å². The summed E-state index contributed by atoms with van der Waals surface area (Å²) in [6, 6.07) is 14.9. The van der Waals surface area contributed by atoms with E-state index in [-0.39, 0.29) is 36.9 Å². The minimum atomic E-state index is -0.329. The zero-order chi connectivity index (χ0) is 26.2. The SMILES string of the molecule is Cc1ccsc1CN(Cc1ccc(F)cc1)C(=O)CN(CC1CCCO1)C(=O)COc1ccc(Cl)cc1. The lowest BCUT2D eigenvalue weighted by molar-refractivity contribution is -0.143. The highest BCUT2D eigenvalue weighted by atomic mass is 35.5. The maximum atomic E-state index is 13.6. The second-order valence-electron chi connectivity index (χ2n) is 9.05. The first-order valence-electron chi connectivity index (χ1n) is 12.2. The monoisotopic (exact) mass is 544 g/mol. The Labute approximate surface area is 225 Å². The molecule has 1 unspecified atom stereocenters. The molecular weight excluding hydrogens is 515 g/mol. The number of amides is 2. The number of thiophene rings is 1. The van der Waals surface area contributed by atoms with Crippen molar-refractivity contribution in [3.05, 3.63) is 86.8 Å². The highest BCUT2D eigenvalue weighted by molar-refractivity contribution is 7.10. The number of nitrogens with zero attached hydrogens (tertiary/aromatic N) is 2. The van der Waals surface area contributed by atoms with Crippen LogP contribution in [0.15, 0.2) is 60.0 Å². The Morgan fingerprint density at radius 1 is 1.05 bits per heavy atom. The van der Waals surface area contributed by atoms with E-state index >= 15 is 0 Å². The number of benzene rings is 2. The predicted molar refractivity (Wildman–Crippen MR) is 142 cm³/mol. The lowest BCUT2D eigenvalue weighted by Crippen LogP contribution is -2.46. The van der Waals surface area contributed by atoms with Gasteiger partial charge in [0.05, 0.1) is 19.2 Å². The standard InChI is InChI=1S/C28H30ClFN2O4S/c1-20-12-14-37-26(20)17-31(15-21-4-8-23(30)9-5-21)27(33)18-32(16-25-3-2-13-35-25)28(34)19-36-24-10-6-22(29)7-11-24/h4-12,14,25H,2-3,13,15-19H2,1H3. The Bertz CT molecular complexity index is 1180. The van der Waals surface area contributed by atoms with Gasteiger partial charge in [-0.2, -0.15) is 0 Å². The van der Waals surface area contributed by atoms with Crippen LogP contribution in [0.1, 0.15) is 28.8 Å². The van der Waals surface area contributed by atoms with Gasteiger partial charge in [-0.1, -0.05) is 23.7 Å². The molecule has 0 bridgehead atoms. The average Bonchev–Trinajstić information content (AvgIpc) is 3.55. The van der Waals surface area contributed by atoms with Crippen LogP contribution in [-0.4, -0.2) is 54.0 Å². The van der Waals surface area contributed by atoms with Crippen molar-refractivity contribution in [1.82, 2.24) is 9.80 Å². The second kappa shape index (κ2) is 13.0. The first-order valence-corrected chi connectivity index (χ1v) is 13.5. The van der Waals surface area contributed by atoms with Crippen LogP contribution in [0.5, 0.6) is 5.75 Å². The van der Waals surface area contributed by atoms with Crippen molar-refractivity contribution < 1.29 is 23.5 Å². The first-order chi connectivity index (χ1) is 17.9. The number of halogens is 2. The topological polar surface area (TPSA) is 59.1 Å². The Morgan fingerprint density at radius 3 is 2.46 bits per heavy atom. The Morgan fingerprint density at radius 2 is 1.81 bits per heavy atom. The summed E-state index contributed by atoms with van der Waals surface area (Å²) in [6.45, 7) is 3.38. The molecule has 1 aliphatic rings. The average molecular weight is 545 g/mol. The molecule has 0 aliphatic carbocycles. The van der Waals surface area contributed by atoms with Crippen molar-refractivity contribution in [2.75, 3.05) is 26.3 Å². The molecule has 6 nitrogen and oxygen atoms in total. The summed E-state index contributed by atoms with van der Waals surface area (Å²) in [5.74, 6) is -0.306. The van der Waals surface area contributed by atoms with Crippen molar-refractivity contribution in [1.29, 1.82) is 0 Å². The molecule has 0 spiro atoms. The third-order valence-electron chi connectivity index (χ3n) is 6.24. The fraction of sp³-hybridized carbons (Fsp3) is 0.357. The number of hydrogen-bond acceptors (Lipinski definition) is 5. The Balaban J connectivity index is 1.48. The molecular formula is C28H30ClFN2O4S. The molecule has 1 saturated heterocycles. The highest BCUT2D eigenvalue weighted by Crippen LogP contribution is 2.21. The van der Waals surface area contributed by atoms with Crippen LogP contribution in [0.4, 0.5) is 4.39 Å². The van der Waals surface area contributed by atoms with Gasteiger partial charge >= 0.3 is 0 Å². The van der Waals surface area contributed by atoms with E-state index in [1.165, 1.54) is 17.0 Å². The van der Waals surface area contributed by atoms with E-state index in [0.29, 0.717) is 37.0 Å². The molecule has 0 radical (unpaired) electrons. The van der Waals surface area contributed by atoms with E-state index in [0.717, 1.165) is 28.8 Å². The van der Waals surface area contributed by atoms with Gasteiger partial charge in [-0.05, 0) is 78.7 Å². The summed E-state index contributed by atoms with van der Waals surface area (Å²) in [7, 11) is 0. The van der Waals surface area contributed by atoms with Gasteiger partial charge in [0.25, 0.3) is 5.91 Å². The molecule has 1 fully saturated rings. The predicted octanol–water partition coefficient (Wildman–Crippen LogP) is 5.46. The van der Waals surface area contributed by atoms with Gasteiger partial charge in [0.2, 0.25) is 5.91 Å². The zero-order valence-corrected chi connectivity index (χ0v) is 22.3. The summed E-state index contributed by atoms with van der Waals surface area (Å²) in [4.78, 5) is 31.1. The second-order valence-corrected chi connectivity index (χ2v) is 10.5. The summed E-state index contributed by atoms with van der Waals surface area (Å²) < 4.78 is 24.9. The molecule has 1 aromatic heterocycles. The van der Waals surface area contributed by atoms with E-state index in [2.05, 4.69) is 0 Å². The number of rotatable bonds is 11. The van der Waals surface area contributed by atoms with Crippen molar-refractivity contribution >= 4 is 34.8 Å². The number of carbonyl (C=O) groups excluding carboxylic acids is 2. The minimum Gasteiger partial charge on any atom is -0.484 e.